The highest BCUT2D eigenvalue weighted by molar-refractivity contribution is 5.89. The molecule has 0 bridgehead atoms. The van der Waals surface area contributed by atoms with Gasteiger partial charge in [0.05, 0.1) is 18.4 Å². The quantitative estimate of drug-likeness (QED) is 0.849. The lowest BCUT2D eigenvalue weighted by Crippen LogP contribution is -2.36. The molecule has 3 heterocycles. The Morgan fingerprint density at radius 3 is 2.85 bits per heavy atom. The van der Waals surface area contributed by atoms with Crippen molar-refractivity contribution in [3.8, 4) is 5.82 Å². The van der Waals surface area contributed by atoms with E-state index < -0.39 is 18.8 Å². The second kappa shape index (κ2) is 7.73. The molecule has 140 valence electrons. The lowest BCUT2D eigenvalue weighted by molar-refractivity contribution is -0.143. The summed E-state index contributed by atoms with van der Waals surface area (Å²) in [6.45, 7) is 0.162. The van der Waals surface area contributed by atoms with Gasteiger partial charge in [0.15, 0.2) is 5.82 Å². The van der Waals surface area contributed by atoms with Gasteiger partial charge in [-0.1, -0.05) is 0 Å². The second-order valence-corrected chi connectivity index (χ2v) is 6.20. The van der Waals surface area contributed by atoms with E-state index in [1.165, 1.54) is 11.1 Å². The van der Waals surface area contributed by atoms with Gasteiger partial charge in [0.25, 0.3) is 0 Å². The van der Waals surface area contributed by atoms with Crippen LogP contribution in [0.3, 0.4) is 0 Å². The van der Waals surface area contributed by atoms with Gasteiger partial charge in [0, 0.05) is 25.5 Å². The molecular weight excluding hydrogens is 349 g/mol. The summed E-state index contributed by atoms with van der Waals surface area (Å²) < 4.78 is 38.7. The highest BCUT2D eigenvalue weighted by Gasteiger charge is 2.34. The second-order valence-electron chi connectivity index (χ2n) is 6.20. The van der Waals surface area contributed by atoms with Crippen molar-refractivity contribution < 1.29 is 18.0 Å². The Balaban J connectivity index is 1.42. The number of amides is 2. The predicted molar refractivity (Wildman–Crippen MR) is 89.0 cm³/mol. The first-order valence-corrected chi connectivity index (χ1v) is 8.19. The highest BCUT2D eigenvalue weighted by Crippen LogP contribution is 2.22. The molecule has 2 amide bonds. The fourth-order valence-corrected chi connectivity index (χ4v) is 2.89. The summed E-state index contributed by atoms with van der Waals surface area (Å²) in [7, 11) is 0. The number of anilines is 1. The molecule has 26 heavy (non-hydrogen) atoms. The molecule has 1 aliphatic heterocycles. The first-order chi connectivity index (χ1) is 12.4. The highest BCUT2D eigenvalue weighted by atomic mass is 19.4. The van der Waals surface area contributed by atoms with Crippen LogP contribution in [0, 0.1) is 5.92 Å². The summed E-state index contributed by atoms with van der Waals surface area (Å²) in [6, 6.07) is 4.78. The van der Waals surface area contributed by atoms with Crippen LogP contribution in [0.5, 0.6) is 0 Å². The lowest BCUT2D eigenvalue weighted by atomic mass is 10.1. The molecular formula is C16H19F3N6O. The van der Waals surface area contributed by atoms with Crippen molar-refractivity contribution >= 4 is 11.7 Å². The van der Waals surface area contributed by atoms with Gasteiger partial charge < -0.3 is 10.6 Å². The fourth-order valence-electron chi connectivity index (χ4n) is 2.89. The lowest BCUT2D eigenvalue weighted by Gasteiger charge is -2.18. The minimum absolute atomic E-state index is 0.0171. The number of nitrogens with one attached hydrogen (secondary N) is 2. The zero-order chi connectivity index (χ0) is 18.6. The van der Waals surface area contributed by atoms with Crippen molar-refractivity contribution in [1.82, 2.24) is 25.0 Å². The minimum atomic E-state index is -4.19. The summed E-state index contributed by atoms with van der Waals surface area (Å²) in [5, 5.41) is 9.41. The number of urea groups is 1. The smallest absolute Gasteiger partial charge is 0.338 e. The summed E-state index contributed by atoms with van der Waals surface area (Å²) >= 11 is 0. The predicted octanol–water partition coefficient (Wildman–Crippen LogP) is 2.27. The molecule has 2 aromatic rings. The van der Waals surface area contributed by atoms with E-state index in [9.17, 15) is 18.0 Å². The first-order valence-electron chi connectivity index (χ1n) is 8.19. The topological polar surface area (TPSA) is 75.1 Å². The third-order valence-electron chi connectivity index (χ3n) is 4.07. The number of rotatable bonds is 5. The Morgan fingerprint density at radius 2 is 2.19 bits per heavy atom. The number of halogens is 3. The fraction of sp³-hybridized carbons (Fsp3) is 0.438. The van der Waals surface area contributed by atoms with Gasteiger partial charge in [-0.3, -0.25) is 4.90 Å². The van der Waals surface area contributed by atoms with Crippen LogP contribution in [0.1, 0.15) is 6.42 Å². The molecule has 3 rings (SSSR count). The number of nitrogens with zero attached hydrogens (tertiary/aromatic N) is 4. The molecule has 1 fully saturated rings. The van der Waals surface area contributed by atoms with Gasteiger partial charge in [-0.15, -0.1) is 0 Å². The van der Waals surface area contributed by atoms with E-state index in [0.717, 1.165) is 0 Å². The Hall–Kier alpha value is -2.62. The van der Waals surface area contributed by atoms with E-state index >= 15 is 0 Å². The maximum absolute atomic E-state index is 12.4. The standard InChI is InChI=1S/C16H19F3N6O/c17-16(18,19)11-24-7-4-12(10-24)8-21-15(26)23-13-2-3-14(20-9-13)25-6-1-5-22-25/h1-3,5-6,9,12H,4,7-8,10-11H2,(H2,21,23,26)/t12-/m0/s1. The molecule has 1 saturated heterocycles. The number of carbonyl (C=O) groups excluding carboxylic acids is 1. The number of pyridine rings is 1. The number of hydrogen-bond donors (Lipinski definition) is 2. The molecule has 0 spiro atoms. The van der Waals surface area contributed by atoms with Gasteiger partial charge in [0.2, 0.25) is 0 Å². The normalized spacial score (nSPS) is 18.0. The molecule has 0 saturated carbocycles. The largest absolute Gasteiger partial charge is 0.401 e. The summed E-state index contributed by atoms with van der Waals surface area (Å²) in [4.78, 5) is 17.5. The van der Waals surface area contributed by atoms with E-state index in [-0.39, 0.29) is 5.92 Å². The third-order valence-corrected chi connectivity index (χ3v) is 4.07. The molecule has 10 heteroatoms. The summed E-state index contributed by atoms with van der Waals surface area (Å²) in [5.41, 5.74) is 0.517. The van der Waals surface area contributed by atoms with Crippen LogP contribution in [-0.2, 0) is 0 Å². The van der Waals surface area contributed by atoms with Crippen molar-refractivity contribution in [1.29, 1.82) is 0 Å². The summed E-state index contributed by atoms with van der Waals surface area (Å²) in [5.74, 6) is 0.639. The van der Waals surface area contributed by atoms with E-state index in [2.05, 4.69) is 20.7 Å². The van der Waals surface area contributed by atoms with Crippen LogP contribution >= 0.6 is 0 Å². The Bertz CT molecular complexity index is 717. The van der Waals surface area contributed by atoms with Gasteiger partial charge in [-0.25, -0.2) is 14.5 Å². The van der Waals surface area contributed by atoms with Crippen LogP contribution in [0.4, 0.5) is 23.7 Å². The van der Waals surface area contributed by atoms with Gasteiger partial charge >= 0.3 is 12.2 Å². The third kappa shape index (κ3) is 5.19. The Kier molecular flexibility index (Phi) is 5.40. The molecule has 1 aliphatic rings. The van der Waals surface area contributed by atoms with E-state index in [0.29, 0.717) is 37.6 Å². The number of alkyl halides is 3. The van der Waals surface area contributed by atoms with Crippen molar-refractivity contribution in [2.24, 2.45) is 5.92 Å². The van der Waals surface area contributed by atoms with Gasteiger partial charge in [-0.2, -0.15) is 18.3 Å². The van der Waals surface area contributed by atoms with Gasteiger partial charge in [-0.05, 0) is 37.1 Å². The van der Waals surface area contributed by atoms with E-state index in [1.807, 2.05) is 0 Å². The Morgan fingerprint density at radius 1 is 1.35 bits per heavy atom. The molecule has 2 N–H and O–H groups in total. The van der Waals surface area contributed by atoms with Crippen molar-refractivity contribution in [2.45, 2.75) is 12.6 Å². The van der Waals surface area contributed by atoms with Crippen LogP contribution < -0.4 is 10.6 Å². The Labute approximate surface area is 148 Å². The molecule has 0 aromatic carbocycles. The van der Waals surface area contributed by atoms with E-state index in [1.54, 1.807) is 35.3 Å². The van der Waals surface area contributed by atoms with Crippen molar-refractivity contribution in [2.75, 3.05) is 31.5 Å². The van der Waals surface area contributed by atoms with Crippen LogP contribution in [-0.4, -0.2) is 58.1 Å². The molecule has 0 radical (unpaired) electrons. The van der Waals surface area contributed by atoms with Gasteiger partial charge in [0.1, 0.15) is 0 Å². The van der Waals surface area contributed by atoms with Crippen LogP contribution in [0.15, 0.2) is 36.8 Å². The maximum Gasteiger partial charge on any atom is 0.401 e. The molecule has 0 aliphatic carbocycles. The maximum atomic E-state index is 12.4. The average molecular weight is 368 g/mol. The monoisotopic (exact) mass is 368 g/mol. The number of likely N-dealkylation sites (tertiary alicyclic amines) is 1. The van der Waals surface area contributed by atoms with E-state index in [4.69, 9.17) is 0 Å². The molecule has 1 atom stereocenters. The minimum Gasteiger partial charge on any atom is -0.338 e. The number of aromatic nitrogens is 3. The van der Waals surface area contributed by atoms with Crippen LogP contribution in [0.2, 0.25) is 0 Å². The summed E-state index contributed by atoms with van der Waals surface area (Å²) in [6.07, 6.45) is 1.36. The average Bonchev–Trinajstić information content (AvgIpc) is 3.24. The zero-order valence-corrected chi connectivity index (χ0v) is 13.9. The SMILES string of the molecule is O=C(NC[C@@H]1CCN(CC(F)(F)F)C1)Nc1ccc(-n2cccn2)nc1. The molecule has 0 unspecified atom stereocenters. The number of hydrogen-bond acceptors (Lipinski definition) is 4. The molecule has 2 aromatic heterocycles. The van der Waals surface area contributed by atoms with Crippen molar-refractivity contribution in [3.05, 3.63) is 36.8 Å². The first kappa shape index (κ1) is 18.2. The zero-order valence-electron chi connectivity index (χ0n) is 13.9. The van der Waals surface area contributed by atoms with Crippen LogP contribution in [0.25, 0.3) is 5.82 Å². The number of carbonyl (C=O) groups is 1. The molecule has 7 nitrogen and oxygen atoms in total. The van der Waals surface area contributed by atoms with Crippen molar-refractivity contribution in [3.63, 3.8) is 0 Å².